The number of sulfonamides is 1. The van der Waals surface area contributed by atoms with Crippen molar-refractivity contribution < 1.29 is 27.3 Å². The Hall–Kier alpha value is -5.10. The second kappa shape index (κ2) is 14.6. The van der Waals surface area contributed by atoms with E-state index < -0.39 is 45.2 Å². The molecule has 4 aromatic rings. The van der Waals surface area contributed by atoms with Gasteiger partial charge in [0.05, 0.1) is 15.5 Å². The predicted octanol–water partition coefficient (Wildman–Crippen LogP) is 5.09. The lowest BCUT2D eigenvalue weighted by Crippen LogP contribution is -2.54. The highest BCUT2D eigenvalue weighted by Crippen LogP contribution is 2.28. The van der Waals surface area contributed by atoms with Crippen LogP contribution < -0.4 is 9.62 Å². The zero-order valence-electron chi connectivity index (χ0n) is 24.7. The monoisotopic (exact) mass is 632 g/mol. The quantitative estimate of drug-likeness (QED) is 0.161. The molecule has 0 aliphatic heterocycles. The van der Waals surface area contributed by atoms with Crippen molar-refractivity contribution in [2.24, 2.45) is 0 Å². The molecule has 2 amide bonds. The number of non-ortho nitro benzene ring substituents is 1. The Balaban J connectivity index is 1.82. The molecule has 10 nitrogen and oxygen atoms in total. The highest BCUT2D eigenvalue weighted by molar-refractivity contribution is 7.92. The molecule has 234 valence electrons. The summed E-state index contributed by atoms with van der Waals surface area (Å²) in [5.41, 5.74) is 0.794. The van der Waals surface area contributed by atoms with E-state index in [9.17, 15) is 32.5 Å². The molecule has 0 radical (unpaired) electrons. The number of benzene rings is 4. The Labute approximate surface area is 261 Å². The van der Waals surface area contributed by atoms with Crippen LogP contribution in [0.1, 0.15) is 25.0 Å². The number of hydrogen-bond donors (Lipinski definition) is 1. The minimum atomic E-state index is -4.41. The number of amides is 2. The van der Waals surface area contributed by atoms with Crippen LogP contribution in [0.5, 0.6) is 0 Å². The van der Waals surface area contributed by atoms with Gasteiger partial charge in [0.2, 0.25) is 11.8 Å². The topological polar surface area (TPSA) is 130 Å². The summed E-state index contributed by atoms with van der Waals surface area (Å²) in [5.74, 6) is -1.69. The van der Waals surface area contributed by atoms with Crippen molar-refractivity contribution >= 4 is 33.2 Å². The summed E-state index contributed by atoms with van der Waals surface area (Å²) in [7, 11) is -4.41. The van der Waals surface area contributed by atoms with Crippen molar-refractivity contribution in [3.8, 4) is 0 Å². The Kier molecular flexibility index (Phi) is 10.6. The van der Waals surface area contributed by atoms with Gasteiger partial charge >= 0.3 is 0 Å². The molecule has 4 rings (SSSR count). The molecule has 0 aliphatic rings. The van der Waals surface area contributed by atoms with Crippen LogP contribution in [0.3, 0.4) is 0 Å². The number of nitro benzene ring substituents is 1. The lowest BCUT2D eigenvalue weighted by molar-refractivity contribution is -0.384. The number of halogens is 1. The number of carbonyl (C=O) groups is 2. The summed E-state index contributed by atoms with van der Waals surface area (Å²) >= 11 is 0. The number of hydrogen-bond acceptors (Lipinski definition) is 6. The number of nitrogens with one attached hydrogen (secondary N) is 1. The Morgan fingerprint density at radius 2 is 1.49 bits per heavy atom. The van der Waals surface area contributed by atoms with Crippen LogP contribution in [-0.2, 0) is 32.6 Å². The summed E-state index contributed by atoms with van der Waals surface area (Å²) in [6.45, 7) is 2.64. The number of carbonyl (C=O) groups excluding carboxylic acids is 2. The van der Waals surface area contributed by atoms with E-state index in [0.29, 0.717) is 5.56 Å². The molecule has 0 spiro atoms. The van der Waals surface area contributed by atoms with Gasteiger partial charge in [-0.1, -0.05) is 66.7 Å². The van der Waals surface area contributed by atoms with Crippen LogP contribution in [0, 0.1) is 15.9 Å². The molecular weight excluding hydrogens is 599 g/mol. The van der Waals surface area contributed by atoms with Crippen LogP contribution >= 0.6 is 0 Å². The zero-order chi connectivity index (χ0) is 32.6. The van der Waals surface area contributed by atoms with Crippen molar-refractivity contribution in [1.82, 2.24) is 10.2 Å². The maximum absolute atomic E-state index is 14.3. The normalized spacial score (nSPS) is 11.9. The third kappa shape index (κ3) is 8.51. The molecule has 4 aromatic carbocycles. The van der Waals surface area contributed by atoms with E-state index in [1.165, 1.54) is 71.6 Å². The van der Waals surface area contributed by atoms with Gasteiger partial charge in [-0.25, -0.2) is 12.8 Å². The maximum atomic E-state index is 14.3. The molecule has 0 aliphatic carbocycles. The molecule has 0 heterocycles. The molecule has 12 heteroatoms. The maximum Gasteiger partial charge on any atom is 0.271 e. The number of rotatable bonds is 13. The second-order valence-corrected chi connectivity index (χ2v) is 12.5. The Morgan fingerprint density at radius 1 is 0.867 bits per heavy atom. The van der Waals surface area contributed by atoms with Crippen molar-refractivity contribution in [2.45, 2.75) is 43.8 Å². The average Bonchev–Trinajstić information content (AvgIpc) is 3.02. The third-order valence-corrected chi connectivity index (χ3v) is 8.69. The SMILES string of the molecule is CC(C)NC(=O)C(Cc1ccccc1)N(Cc1ccc(F)cc1)C(=O)CN(c1cccc([N+](=O)[O-])c1)S(=O)(=O)c1ccccc1. The van der Waals surface area contributed by atoms with E-state index in [1.54, 1.807) is 32.0 Å². The fraction of sp³-hybridized carbons (Fsp3) is 0.212. The minimum absolute atomic E-state index is 0.102. The van der Waals surface area contributed by atoms with E-state index in [1.807, 2.05) is 18.2 Å². The molecule has 1 unspecified atom stereocenters. The highest BCUT2D eigenvalue weighted by atomic mass is 32.2. The average molecular weight is 633 g/mol. The summed E-state index contributed by atoms with van der Waals surface area (Å²) in [6, 6.07) is 25.5. The molecule has 0 bridgehead atoms. The first-order valence-corrected chi connectivity index (χ1v) is 15.6. The molecule has 1 atom stereocenters. The number of nitro groups is 1. The van der Waals surface area contributed by atoms with Crippen molar-refractivity contribution in [3.05, 3.63) is 136 Å². The van der Waals surface area contributed by atoms with E-state index in [0.717, 1.165) is 15.9 Å². The predicted molar refractivity (Wildman–Crippen MR) is 168 cm³/mol. The van der Waals surface area contributed by atoms with Gasteiger partial charge in [0.1, 0.15) is 18.4 Å². The third-order valence-electron chi connectivity index (χ3n) is 6.91. The van der Waals surface area contributed by atoms with E-state index in [-0.39, 0.29) is 35.3 Å². The van der Waals surface area contributed by atoms with Crippen molar-refractivity contribution in [1.29, 1.82) is 0 Å². The van der Waals surface area contributed by atoms with E-state index in [2.05, 4.69) is 5.32 Å². The molecule has 0 fully saturated rings. The first-order chi connectivity index (χ1) is 21.5. The van der Waals surface area contributed by atoms with Gasteiger partial charge in [0.15, 0.2) is 0 Å². The largest absolute Gasteiger partial charge is 0.352 e. The van der Waals surface area contributed by atoms with Crippen LogP contribution in [-0.4, -0.2) is 48.7 Å². The van der Waals surface area contributed by atoms with Gasteiger partial charge in [0.25, 0.3) is 15.7 Å². The van der Waals surface area contributed by atoms with E-state index in [4.69, 9.17) is 0 Å². The Bertz CT molecular complexity index is 1740. The zero-order valence-corrected chi connectivity index (χ0v) is 25.6. The van der Waals surface area contributed by atoms with Crippen molar-refractivity contribution in [3.63, 3.8) is 0 Å². The van der Waals surface area contributed by atoms with Gasteiger partial charge in [-0.05, 0) is 55.3 Å². The highest BCUT2D eigenvalue weighted by Gasteiger charge is 2.35. The summed E-state index contributed by atoms with van der Waals surface area (Å²) in [6.07, 6.45) is 0.106. The minimum Gasteiger partial charge on any atom is -0.352 e. The van der Waals surface area contributed by atoms with Gasteiger partial charge in [0, 0.05) is 31.1 Å². The van der Waals surface area contributed by atoms with Gasteiger partial charge < -0.3 is 10.2 Å². The lowest BCUT2D eigenvalue weighted by atomic mass is 10.0. The first kappa shape index (κ1) is 32.8. The van der Waals surface area contributed by atoms with Crippen LogP contribution in [0.15, 0.2) is 114 Å². The molecular formula is C33H33FN4O6S. The smallest absolute Gasteiger partial charge is 0.271 e. The van der Waals surface area contributed by atoms with Crippen LogP contribution in [0.4, 0.5) is 15.8 Å². The lowest BCUT2D eigenvalue weighted by Gasteiger charge is -2.34. The fourth-order valence-electron chi connectivity index (χ4n) is 4.73. The summed E-state index contributed by atoms with van der Waals surface area (Å²) < 4.78 is 42.5. The number of anilines is 1. The van der Waals surface area contributed by atoms with Gasteiger partial charge in [-0.2, -0.15) is 0 Å². The molecule has 0 aromatic heterocycles. The second-order valence-electron chi connectivity index (χ2n) is 10.6. The van der Waals surface area contributed by atoms with Gasteiger partial charge in [-0.3, -0.25) is 24.0 Å². The molecule has 1 N–H and O–H groups in total. The Morgan fingerprint density at radius 3 is 2.09 bits per heavy atom. The van der Waals surface area contributed by atoms with Crippen LogP contribution in [0.25, 0.3) is 0 Å². The standard InChI is InChI=1S/C33H33FN4O6S/c1-24(2)35-33(40)31(20-25-10-5-3-6-11-25)36(22-26-16-18-27(34)19-17-26)32(39)23-37(28-12-9-13-29(21-28)38(41)42)45(43,44)30-14-7-4-8-15-30/h3-19,21,24,31H,20,22-23H2,1-2H3,(H,35,40). The van der Waals surface area contributed by atoms with E-state index >= 15 is 0 Å². The summed E-state index contributed by atoms with van der Waals surface area (Å²) in [5, 5.41) is 14.4. The molecule has 0 saturated heterocycles. The summed E-state index contributed by atoms with van der Waals surface area (Å²) in [4.78, 5) is 40.1. The first-order valence-electron chi connectivity index (χ1n) is 14.2. The molecule has 45 heavy (non-hydrogen) atoms. The van der Waals surface area contributed by atoms with Gasteiger partial charge in [-0.15, -0.1) is 0 Å². The van der Waals surface area contributed by atoms with Crippen molar-refractivity contribution in [2.75, 3.05) is 10.8 Å². The van der Waals surface area contributed by atoms with Crippen LogP contribution in [0.2, 0.25) is 0 Å². The fourth-order valence-corrected chi connectivity index (χ4v) is 6.16. The number of nitrogens with zero attached hydrogens (tertiary/aromatic N) is 3. The molecule has 0 saturated carbocycles.